The first-order chi connectivity index (χ1) is 15.2. The smallest absolute Gasteiger partial charge is 0.349 e. The van der Waals surface area contributed by atoms with Gasteiger partial charge in [0.1, 0.15) is 22.6 Å². The number of rotatable bonds is 6. The molecule has 1 amide bonds. The quantitative estimate of drug-likeness (QED) is 0.485. The van der Waals surface area contributed by atoms with Crippen molar-refractivity contribution in [2.45, 2.75) is 25.9 Å². The number of nitrogens with zero attached hydrogens (tertiary/aromatic N) is 4. The molecule has 0 unspecified atom stereocenters. The molecule has 158 valence electrons. The van der Waals surface area contributed by atoms with Gasteiger partial charge < -0.3 is 10.2 Å². The van der Waals surface area contributed by atoms with E-state index in [0.29, 0.717) is 22.6 Å². The number of hydrogen-bond donors (Lipinski definition) is 1. The molecule has 1 saturated heterocycles. The maximum atomic E-state index is 12.9. The first-order valence-corrected chi connectivity index (χ1v) is 11.9. The molecule has 31 heavy (non-hydrogen) atoms. The zero-order valence-corrected chi connectivity index (χ0v) is 18.4. The van der Waals surface area contributed by atoms with Crippen LogP contribution in [0.2, 0.25) is 0 Å². The highest BCUT2D eigenvalue weighted by Crippen LogP contribution is 2.35. The van der Waals surface area contributed by atoms with Crippen LogP contribution in [-0.2, 0) is 17.9 Å². The van der Waals surface area contributed by atoms with Crippen LogP contribution in [0, 0.1) is 0 Å². The Morgan fingerprint density at radius 1 is 1.06 bits per heavy atom. The van der Waals surface area contributed by atoms with Crippen LogP contribution in [0.4, 0.5) is 5.13 Å². The van der Waals surface area contributed by atoms with Gasteiger partial charge >= 0.3 is 5.69 Å². The molecule has 9 heteroatoms. The van der Waals surface area contributed by atoms with Gasteiger partial charge in [-0.15, -0.1) is 11.3 Å². The second kappa shape index (κ2) is 8.60. The summed E-state index contributed by atoms with van der Waals surface area (Å²) in [5.74, 6) is -0.228. The van der Waals surface area contributed by atoms with Crippen LogP contribution in [0.5, 0.6) is 0 Å². The summed E-state index contributed by atoms with van der Waals surface area (Å²) >= 11 is 2.99. The first-order valence-electron chi connectivity index (χ1n) is 10.2. The number of benzene rings is 1. The van der Waals surface area contributed by atoms with Crippen molar-refractivity contribution in [2.75, 3.05) is 18.0 Å². The van der Waals surface area contributed by atoms with E-state index in [0.717, 1.165) is 41.5 Å². The number of hydrogen-bond acceptors (Lipinski definition) is 7. The largest absolute Gasteiger partial charge is 0.350 e. The Hall–Kier alpha value is -3.04. The zero-order valence-electron chi connectivity index (χ0n) is 16.8. The van der Waals surface area contributed by atoms with Crippen molar-refractivity contribution < 1.29 is 4.79 Å². The molecule has 1 N–H and O–H groups in total. The van der Waals surface area contributed by atoms with E-state index in [1.165, 1.54) is 27.2 Å². The highest BCUT2D eigenvalue weighted by molar-refractivity contribution is 7.22. The van der Waals surface area contributed by atoms with E-state index in [1.807, 2.05) is 47.8 Å². The first kappa shape index (κ1) is 19.9. The van der Waals surface area contributed by atoms with Gasteiger partial charge in [-0.1, -0.05) is 47.7 Å². The third-order valence-corrected chi connectivity index (χ3v) is 7.29. The van der Waals surface area contributed by atoms with Crippen LogP contribution in [0.15, 0.2) is 52.6 Å². The van der Waals surface area contributed by atoms with Crippen molar-refractivity contribution in [3.8, 4) is 10.6 Å². The lowest BCUT2D eigenvalue weighted by molar-refractivity contribution is -0.121. The minimum Gasteiger partial charge on any atom is -0.350 e. The molecule has 1 aliphatic rings. The summed E-state index contributed by atoms with van der Waals surface area (Å²) in [5.41, 5.74) is 1.86. The minimum atomic E-state index is -0.428. The third kappa shape index (κ3) is 4.11. The summed E-state index contributed by atoms with van der Waals surface area (Å²) in [6, 6.07) is 13.6. The predicted molar refractivity (Wildman–Crippen MR) is 125 cm³/mol. The zero-order chi connectivity index (χ0) is 21.2. The molecule has 3 aromatic heterocycles. The number of thiophene rings is 1. The molecule has 0 saturated carbocycles. The SMILES string of the molecule is O=C(Cn1c(=O)nc(-c2cccs2)c2nc(N3CCCC3)sc21)NCc1ccccc1. The Morgan fingerprint density at radius 3 is 2.61 bits per heavy atom. The average Bonchev–Trinajstić information content (AvgIpc) is 3.55. The van der Waals surface area contributed by atoms with E-state index in [9.17, 15) is 9.59 Å². The Labute approximate surface area is 187 Å². The summed E-state index contributed by atoms with van der Waals surface area (Å²) in [4.78, 5) is 38.6. The maximum Gasteiger partial charge on any atom is 0.349 e. The summed E-state index contributed by atoms with van der Waals surface area (Å²) in [6.07, 6.45) is 2.28. The van der Waals surface area contributed by atoms with Gasteiger partial charge in [-0.3, -0.25) is 9.36 Å². The lowest BCUT2D eigenvalue weighted by Gasteiger charge is -2.11. The fraction of sp³-hybridized carbons (Fsp3) is 0.273. The van der Waals surface area contributed by atoms with Crippen molar-refractivity contribution in [1.82, 2.24) is 19.9 Å². The van der Waals surface area contributed by atoms with E-state index >= 15 is 0 Å². The van der Waals surface area contributed by atoms with E-state index in [-0.39, 0.29) is 12.5 Å². The van der Waals surface area contributed by atoms with Crippen molar-refractivity contribution in [3.63, 3.8) is 0 Å². The van der Waals surface area contributed by atoms with Crippen molar-refractivity contribution >= 4 is 44.1 Å². The Kier molecular flexibility index (Phi) is 5.52. The van der Waals surface area contributed by atoms with Gasteiger partial charge in [0.05, 0.1) is 4.88 Å². The number of thiazole rings is 1. The molecule has 4 aromatic rings. The van der Waals surface area contributed by atoms with E-state index in [2.05, 4.69) is 15.2 Å². The van der Waals surface area contributed by atoms with Gasteiger partial charge in [0, 0.05) is 19.6 Å². The van der Waals surface area contributed by atoms with Crippen LogP contribution in [-0.4, -0.2) is 33.5 Å². The number of carbonyl (C=O) groups excluding carboxylic acids is 1. The average molecular weight is 452 g/mol. The fourth-order valence-corrected chi connectivity index (χ4v) is 5.53. The minimum absolute atomic E-state index is 0.0818. The van der Waals surface area contributed by atoms with Gasteiger partial charge in [-0.25, -0.2) is 9.78 Å². The molecule has 0 atom stereocenters. The summed E-state index contributed by atoms with van der Waals surface area (Å²) in [5, 5.41) is 5.74. The molecular formula is C22H21N5O2S2. The van der Waals surface area contributed by atoms with Crippen LogP contribution >= 0.6 is 22.7 Å². The van der Waals surface area contributed by atoms with Crippen LogP contribution in [0.1, 0.15) is 18.4 Å². The second-order valence-electron chi connectivity index (χ2n) is 7.41. The van der Waals surface area contributed by atoms with Crippen LogP contribution in [0.3, 0.4) is 0 Å². The molecule has 0 aliphatic carbocycles. The topological polar surface area (TPSA) is 80.1 Å². The molecule has 0 bridgehead atoms. The Balaban J connectivity index is 1.49. The summed E-state index contributed by atoms with van der Waals surface area (Å²) in [7, 11) is 0. The van der Waals surface area contributed by atoms with E-state index < -0.39 is 5.69 Å². The van der Waals surface area contributed by atoms with Gasteiger partial charge in [-0.05, 0) is 29.9 Å². The molecular weight excluding hydrogens is 430 g/mol. The van der Waals surface area contributed by atoms with Gasteiger partial charge in [0.2, 0.25) is 5.91 Å². The van der Waals surface area contributed by atoms with Crippen molar-refractivity contribution in [2.24, 2.45) is 0 Å². The Bertz CT molecular complexity index is 1260. The highest BCUT2D eigenvalue weighted by Gasteiger charge is 2.23. The normalized spacial score (nSPS) is 13.7. The Morgan fingerprint density at radius 2 is 1.87 bits per heavy atom. The van der Waals surface area contributed by atoms with Crippen LogP contribution in [0.25, 0.3) is 20.9 Å². The summed E-state index contributed by atoms with van der Waals surface area (Å²) < 4.78 is 1.45. The fourth-order valence-electron chi connectivity index (χ4n) is 3.70. The second-order valence-corrected chi connectivity index (χ2v) is 9.32. The van der Waals surface area contributed by atoms with Gasteiger partial charge in [0.15, 0.2) is 5.13 Å². The molecule has 1 aromatic carbocycles. The molecule has 7 nitrogen and oxygen atoms in total. The lowest BCUT2D eigenvalue weighted by Crippen LogP contribution is -2.33. The molecule has 0 spiro atoms. The highest BCUT2D eigenvalue weighted by atomic mass is 32.1. The lowest BCUT2D eigenvalue weighted by atomic mass is 10.2. The number of fused-ring (bicyclic) bond motifs is 1. The number of anilines is 1. The molecule has 0 radical (unpaired) electrons. The predicted octanol–water partition coefficient (Wildman–Crippen LogP) is 3.50. The standard InChI is InChI=1S/C22H21N5O2S2/c28-17(23-13-15-7-2-1-3-8-15)14-27-20-19(25-22(31-20)26-10-4-5-11-26)18(24-21(27)29)16-9-6-12-30-16/h1-3,6-9,12H,4-5,10-11,13-14H2,(H,23,28). The number of amides is 1. The number of aromatic nitrogens is 3. The van der Waals surface area contributed by atoms with E-state index in [4.69, 9.17) is 4.98 Å². The maximum absolute atomic E-state index is 12.9. The van der Waals surface area contributed by atoms with E-state index in [1.54, 1.807) is 0 Å². The van der Waals surface area contributed by atoms with Crippen molar-refractivity contribution in [3.05, 3.63) is 63.9 Å². The third-order valence-electron chi connectivity index (χ3n) is 5.27. The molecule has 5 rings (SSSR count). The van der Waals surface area contributed by atoms with Gasteiger partial charge in [0.25, 0.3) is 0 Å². The van der Waals surface area contributed by atoms with Gasteiger partial charge in [-0.2, -0.15) is 4.98 Å². The molecule has 1 fully saturated rings. The number of nitrogens with one attached hydrogen (secondary N) is 1. The molecule has 4 heterocycles. The van der Waals surface area contributed by atoms with Crippen LogP contribution < -0.4 is 15.9 Å². The number of carbonyl (C=O) groups is 1. The summed E-state index contributed by atoms with van der Waals surface area (Å²) in [6.45, 7) is 2.26. The van der Waals surface area contributed by atoms with Crippen molar-refractivity contribution in [1.29, 1.82) is 0 Å². The molecule has 1 aliphatic heterocycles. The monoisotopic (exact) mass is 451 g/mol.